The summed E-state index contributed by atoms with van der Waals surface area (Å²) in [5.74, 6) is -0.195. The normalized spacial score (nSPS) is 11.0. The van der Waals surface area contributed by atoms with Gasteiger partial charge in [-0.3, -0.25) is 0 Å². The predicted molar refractivity (Wildman–Crippen MR) is 73.5 cm³/mol. The van der Waals surface area contributed by atoms with E-state index in [1.807, 2.05) is 13.1 Å². The third kappa shape index (κ3) is 4.27. The number of halogens is 1. The quantitative estimate of drug-likeness (QED) is 0.756. The lowest BCUT2D eigenvalue weighted by atomic mass is 10.1. The lowest BCUT2D eigenvalue weighted by Gasteiger charge is -2.26. The summed E-state index contributed by atoms with van der Waals surface area (Å²) >= 11 is 0. The summed E-state index contributed by atoms with van der Waals surface area (Å²) < 4.78 is 18.3. The molecule has 102 valence electrons. The van der Waals surface area contributed by atoms with Gasteiger partial charge in [0.25, 0.3) is 0 Å². The number of benzene rings is 1. The molecule has 0 unspecified atom stereocenters. The fourth-order valence-electron chi connectivity index (χ4n) is 1.72. The van der Waals surface area contributed by atoms with Crippen LogP contribution >= 0.6 is 0 Å². The predicted octanol–water partition coefficient (Wildman–Crippen LogP) is 2.41. The summed E-state index contributed by atoms with van der Waals surface area (Å²) in [7, 11) is 3.69. The van der Waals surface area contributed by atoms with Crippen LogP contribution in [0.5, 0.6) is 0 Å². The van der Waals surface area contributed by atoms with E-state index in [1.165, 1.54) is 6.07 Å². The first-order chi connectivity index (χ1) is 8.56. The molecular formula is C14H23FN2O. The van der Waals surface area contributed by atoms with Crippen LogP contribution < -0.4 is 10.2 Å². The zero-order valence-electron chi connectivity index (χ0n) is 11.7. The molecule has 4 heteroatoms. The SMILES string of the molecule is COCCNCc1cc(F)ccc1N(C)C(C)C. The number of rotatable bonds is 7. The van der Waals surface area contributed by atoms with Gasteiger partial charge in [0.05, 0.1) is 6.61 Å². The van der Waals surface area contributed by atoms with Gasteiger partial charge >= 0.3 is 0 Å². The number of hydrogen-bond donors (Lipinski definition) is 1. The third-order valence-corrected chi connectivity index (χ3v) is 2.99. The minimum Gasteiger partial charge on any atom is -0.383 e. The van der Waals surface area contributed by atoms with E-state index in [0.29, 0.717) is 19.2 Å². The Morgan fingerprint density at radius 3 is 2.72 bits per heavy atom. The fraction of sp³-hybridized carbons (Fsp3) is 0.571. The van der Waals surface area contributed by atoms with Crippen molar-refractivity contribution in [2.45, 2.75) is 26.4 Å². The van der Waals surface area contributed by atoms with Gasteiger partial charge in [-0.2, -0.15) is 0 Å². The van der Waals surface area contributed by atoms with Gasteiger partial charge in [-0.25, -0.2) is 4.39 Å². The molecule has 18 heavy (non-hydrogen) atoms. The molecule has 3 nitrogen and oxygen atoms in total. The molecule has 0 spiro atoms. The highest BCUT2D eigenvalue weighted by Crippen LogP contribution is 2.22. The van der Waals surface area contributed by atoms with Gasteiger partial charge in [-0.1, -0.05) is 0 Å². The van der Waals surface area contributed by atoms with Crippen molar-refractivity contribution in [2.24, 2.45) is 0 Å². The van der Waals surface area contributed by atoms with Crippen LogP contribution in [-0.4, -0.2) is 33.4 Å². The minimum absolute atomic E-state index is 0.195. The second-order valence-electron chi connectivity index (χ2n) is 4.65. The molecule has 0 aliphatic carbocycles. The first kappa shape index (κ1) is 14.9. The number of anilines is 1. The summed E-state index contributed by atoms with van der Waals surface area (Å²) in [6, 6.07) is 5.32. The molecule has 0 atom stereocenters. The molecule has 1 N–H and O–H groups in total. The maximum absolute atomic E-state index is 13.3. The van der Waals surface area contributed by atoms with Gasteiger partial charge < -0.3 is 15.0 Å². The van der Waals surface area contributed by atoms with Crippen molar-refractivity contribution in [3.63, 3.8) is 0 Å². The summed E-state index contributed by atoms with van der Waals surface area (Å²) in [4.78, 5) is 2.15. The van der Waals surface area contributed by atoms with Crippen LogP contribution in [0, 0.1) is 5.82 Å². The lowest BCUT2D eigenvalue weighted by molar-refractivity contribution is 0.199. The molecule has 0 saturated heterocycles. The van der Waals surface area contributed by atoms with Crippen molar-refractivity contribution >= 4 is 5.69 Å². The molecule has 0 radical (unpaired) electrons. The van der Waals surface area contributed by atoms with Gasteiger partial charge in [0.2, 0.25) is 0 Å². The number of methoxy groups -OCH3 is 1. The van der Waals surface area contributed by atoms with Gasteiger partial charge in [0, 0.05) is 39.0 Å². The summed E-state index contributed by atoms with van der Waals surface area (Å²) in [6.07, 6.45) is 0. The van der Waals surface area contributed by atoms with E-state index in [1.54, 1.807) is 13.2 Å². The molecule has 0 fully saturated rings. The first-order valence-electron chi connectivity index (χ1n) is 6.27. The van der Waals surface area contributed by atoms with Gasteiger partial charge in [0.1, 0.15) is 5.82 Å². The smallest absolute Gasteiger partial charge is 0.123 e. The number of ether oxygens (including phenoxy) is 1. The van der Waals surface area contributed by atoms with Crippen molar-refractivity contribution in [3.8, 4) is 0 Å². The second kappa shape index (κ2) is 7.34. The Labute approximate surface area is 109 Å². The van der Waals surface area contributed by atoms with Crippen molar-refractivity contribution in [1.82, 2.24) is 5.32 Å². The minimum atomic E-state index is -0.195. The second-order valence-corrected chi connectivity index (χ2v) is 4.65. The van der Waals surface area contributed by atoms with E-state index in [9.17, 15) is 4.39 Å². The van der Waals surface area contributed by atoms with Gasteiger partial charge in [-0.15, -0.1) is 0 Å². The Kier molecular flexibility index (Phi) is 6.09. The number of hydrogen-bond acceptors (Lipinski definition) is 3. The number of nitrogens with one attached hydrogen (secondary N) is 1. The molecule has 1 aromatic carbocycles. The first-order valence-corrected chi connectivity index (χ1v) is 6.27. The standard InChI is InChI=1S/C14H23FN2O/c1-11(2)17(3)14-6-5-13(15)9-12(14)10-16-7-8-18-4/h5-6,9,11,16H,7-8,10H2,1-4H3. The largest absolute Gasteiger partial charge is 0.383 e. The monoisotopic (exact) mass is 254 g/mol. The Hall–Kier alpha value is -1.13. The van der Waals surface area contributed by atoms with Crippen LogP contribution in [0.15, 0.2) is 18.2 Å². The highest BCUT2D eigenvalue weighted by Gasteiger charge is 2.10. The number of nitrogens with zero attached hydrogens (tertiary/aromatic N) is 1. The Morgan fingerprint density at radius 1 is 1.39 bits per heavy atom. The Balaban J connectivity index is 2.76. The average molecular weight is 254 g/mol. The highest BCUT2D eigenvalue weighted by molar-refractivity contribution is 5.53. The maximum Gasteiger partial charge on any atom is 0.123 e. The fourth-order valence-corrected chi connectivity index (χ4v) is 1.72. The summed E-state index contributed by atoms with van der Waals surface area (Å²) in [6.45, 7) is 6.30. The van der Waals surface area contributed by atoms with Crippen LogP contribution in [0.3, 0.4) is 0 Å². The van der Waals surface area contributed by atoms with Crippen molar-refractivity contribution in [3.05, 3.63) is 29.6 Å². The van der Waals surface area contributed by atoms with Crippen molar-refractivity contribution in [1.29, 1.82) is 0 Å². The molecule has 1 rings (SSSR count). The molecule has 0 aromatic heterocycles. The van der Waals surface area contributed by atoms with E-state index in [0.717, 1.165) is 17.8 Å². The van der Waals surface area contributed by atoms with Gasteiger partial charge in [0.15, 0.2) is 0 Å². The average Bonchev–Trinajstić information content (AvgIpc) is 2.34. The van der Waals surface area contributed by atoms with E-state index in [-0.39, 0.29) is 5.82 Å². The zero-order valence-corrected chi connectivity index (χ0v) is 11.7. The van der Waals surface area contributed by atoms with Crippen molar-refractivity contribution < 1.29 is 9.13 Å². The van der Waals surface area contributed by atoms with Crippen LogP contribution in [0.25, 0.3) is 0 Å². The van der Waals surface area contributed by atoms with Crippen LogP contribution in [0.4, 0.5) is 10.1 Å². The van der Waals surface area contributed by atoms with Crippen molar-refractivity contribution in [2.75, 3.05) is 32.2 Å². The molecule has 0 aliphatic heterocycles. The maximum atomic E-state index is 13.3. The van der Waals surface area contributed by atoms with E-state index >= 15 is 0 Å². The van der Waals surface area contributed by atoms with E-state index < -0.39 is 0 Å². The third-order valence-electron chi connectivity index (χ3n) is 2.99. The van der Waals surface area contributed by atoms with Crippen LogP contribution in [-0.2, 0) is 11.3 Å². The lowest BCUT2D eigenvalue weighted by Crippen LogP contribution is -2.28. The zero-order chi connectivity index (χ0) is 13.5. The highest BCUT2D eigenvalue weighted by atomic mass is 19.1. The van der Waals surface area contributed by atoms with Crippen LogP contribution in [0.1, 0.15) is 19.4 Å². The molecule has 0 saturated carbocycles. The Bertz CT molecular complexity index is 369. The summed E-state index contributed by atoms with van der Waals surface area (Å²) in [5, 5.41) is 3.25. The molecule has 0 heterocycles. The van der Waals surface area contributed by atoms with E-state index in [2.05, 4.69) is 24.1 Å². The van der Waals surface area contributed by atoms with Crippen LogP contribution in [0.2, 0.25) is 0 Å². The summed E-state index contributed by atoms with van der Waals surface area (Å²) in [5.41, 5.74) is 2.04. The topological polar surface area (TPSA) is 24.5 Å². The van der Waals surface area contributed by atoms with E-state index in [4.69, 9.17) is 4.74 Å². The molecule has 0 amide bonds. The van der Waals surface area contributed by atoms with Gasteiger partial charge in [-0.05, 0) is 37.6 Å². The molecule has 1 aromatic rings. The molecule has 0 aliphatic rings. The Morgan fingerprint density at radius 2 is 2.11 bits per heavy atom. The molecular weight excluding hydrogens is 231 g/mol. The molecule has 0 bridgehead atoms.